The van der Waals surface area contributed by atoms with E-state index in [1.165, 1.54) is 0 Å². The molecule has 0 bridgehead atoms. The molecule has 1 atom stereocenters. The molecule has 0 aliphatic heterocycles. The quantitative estimate of drug-likeness (QED) is 0.285. The number of benzene rings is 1. The third-order valence-electron chi connectivity index (χ3n) is 2.97. The maximum Gasteiger partial charge on any atom is 0.255 e. The molecule has 104 valence electrons. The first-order valence-electron chi connectivity index (χ1n) is 5.63. The summed E-state index contributed by atoms with van der Waals surface area (Å²) in [5, 5.41) is 23.6. The van der Waals surface area contributed by atoms with Crippen LogP contribution in [-0.2, 0) is 0 Å². The summed E-state index contributed by atoms with van der Waals surface area (Å²) < 4.78 is 13.1. The molecule has 1 aromatic carbocycles. The largest absolute Gasteiger partial charge is 0.507 e. The molecule has 0 radical (unpaired) electrons. The minimum absolute atomic E-state index is 0.181. The maximum absolute atomic E-state index is 13.1. The fourth-order valence-electron chi connectivity index (χ4n) is 1.45. The second-order valence-electron chi connectivity index (χ2n) is 4.29. The van der Waals surface area contributed by atoms with Crippen molar-refractivity contribution in [3.63, 3.8) is 0 Å². The Labute approximate surface area is 109 Å². The highest BCUT2D eigenvalue weighted by molar-refractivity contribution is 6.01. The lowest BCUT2D eigenvalue weighted by Crippen LogP contribution is -2.55. The van der Waals surface area contributed by atoms with E-state index in [4.69, 9.17) is 10.9 Å². The number of oxime groups is 1. The molecule has 0 aliphatic carbocycles. The maximum atomic E-state index is 13.1. The first kappa shape index (κ1) is 14.7. The molecule has 1 aromatic rings. The predicted octanol–water partition coefficient (Wildman–Crippen LogP) is 1.18. The second kappa shape index (κ2) is 5.55. The monoisotopic (exact) mass is 269 g/mol. The zero-order valence-corrected chi connectivity index (χ0v) is 10.6. The Morgan fingerprint density at radius 2 is 2.21 bits per heavy atom. The molecule has 0 saturated carbocycles. The van der Waals surface area contributed by atoms with Crippen LogP contribution < -0.4 is 11.1 Å². The molecule has 1 amide bonds. The van der Waals surface area contributed by atoms with Crippen LogP contribution in [0.15, 0.2) is 23.4 Å². The Bertz CT molecular complexity index is 519. The van der Waals surface area contributed by atoms with Crippen LogP contribution in [0, 0.1) is 5.82 Å². The number of aromatic hydroxyl groups is 1. The van der Waals surface area contributed by atoms with Crippen molar-refractivity contribution >= 4 is 11.7 Å². The summed E-state index contributed by atoms with van der Waals surface area (Å²) in [5.74, 6) is -1.89. The van der Waals surface area contributed by atoms with Gasteiger partial charge in [0.15, 0.2) is 5.84 Å². The summed E-state index contributed by atoms with van der Waals surface area (Å²) in [6.45, 7) is 3.28. The lowest BCUT2D eigenvalue weighted by molar-refractivity contribution is 0.0921. The van der Waals surface area contributed by atoms with Crippen LogP contribution in [0.3, 0.4) is 0 Å². The van der Waals surface area contributed by atoms with E-state index in [9.17, 15) is 14.3 Å². The number of rotatable bonds is 4. The zero-order valence-electron chi connectivity index (χ0n) is 10.6. The highest BCUT2D eigenvalue weighted by Crippen LogP contribution is 2.19. The molecule has 19 heavy (non-hydrogen) atoms. The Morgan fingerprint density at radius 3 is 2.74 bits per heavy atom. The van der Waals surface area contributed by atoms with Gasteiger partial charge in [-0.25, -0.2) is 4.39 Å². The van der Waals surface area contributed by atoms with E-state index in [1.54, 1.807) is 13.8 Å². The van der Waals surface area contributed by atoms with Gasteiger partial charge in [0, 0.05) is 0 Å². The Kier molecular flexibility index (Phi) is 4.31. The van der Waals surface area contributed by atoms with E-state index in [0.29, 0.717) is 6.42 Å². The van der Waals surface area contributed by atoms with Gasteiger partial charge >= 0.3 is 0 Å². The van der Waals surface area contributed by atoms with Gasteiger partial charge in [-0.1, -0.05) is 12.1 Å². The number of nitrogens with two attached hydrogens (primary N) is 1. The van der Waals surface area contributed by atoms with Crippen LogP contribution in [0.25, 0.3) is 0 Å². The standard InChI is InChI=1S/C12H16FN3O3/c1-3-12(2,11(14)16-19)15-10(18)8-6-7(13)4-5-9(8)17/h4-6,17,19H,3H2,1-2H3,(H2,14,16)(H,15,18). The number of carbonyl (C=O) groups is 1. The van der Waals surface area contributed by atoms with Gasteiger partial charge in [-0.3, -0.25) is 4.79 Å². The van der Waals surface area contributed by atoms with Gasteiger partial charge in [-0.05, 0) is 31.5 Å². The van der Waals surface area contributed by atoms with Crippen molar-refractivity contribution in [1.29, 1.82) is 0 Å². The van der Waals surface area contributed by atoms with Crippen LogP contribution >= 0.6 is 0 Å². The van der Waals surface area contributed by atoms with Crippen molar-refractivity contribution in [3.8, 4) is 5.75 Å². The van der Waals surface area contributed by atoms with E-state index in [-0.39, 0.29) is 17.1 Å². The van der Waals surface area contributed by atoms with Gasteiger partial charge in [-0.2, -0.15) is 0 Å². The average Bonchev–Trinajstić information content (AvgIpc) is 2.40. The molecule has 0 aliphatic rings. The molecule has 6 nitrogen and oxygen atoms in total. The minimum Gasteiger partial charge on any atom is -0.507 e. The fourth-order valence-corrected chi connectivity index (χ4v) is 1.45. The molecular weight excluding hydrogens is 253 g/mol. The smallest absolute Gasteiger partial charge is 0.255 e. The molecular formula is C12H16FN3O3. The Hall–Kier alpha value is -2.31. The summed E-state index contributed by atoms with van der Waals surface area (Å²) in [7, 11) is 0. The molecule has 7 heteroatoms. The van der Waals surface area contributed by atoms with Crippen LogP contribution in [0.1, 0.15) is 30.6 Å². The summed E-state index contributed by atoms with van der Waals surface area (Å²) in [5.41, 5.74) is 4.20. The molecule has 0 heterocycles. The molecule has 0 saturated heterocycles. The number of amides is 1. The number of hydrogen-bond donors (Lipinski definition) is 4. The number of hydrogen-bond acceptors (Lipinski definition) is 4. The fraction of sp³-hybridized carbons (Fsp3) is 0.333. The normalized spacial score (nSPS) is 14.8. The van der Waals surface area contributed by atoms with E-state index in [0.717, 1.165) is 18.2 Å². The number of phenolic OH excluding ortho intramolecular Hbond substituents is 1. The SMILES string of the molecule is CCC(C)(NC(=O)c1cc(F)ccc1O)/C(N)=N/O. The summed E-state index contributed by atoms with van der Waals surface area (Å²) >= 11 is 0. The lowest BCUT2D eigenvalue weighted by Gasteiger charge is -2.28. The van der Waals surface area contributed by atoms with Crippen molar-refractivity contribution in [1.82, 2.24) is 5.32 Å². The van der Waals surface area contributed by atoms with Gasteiger partial charge < -0.3 is 21.4 Å². The third-order valence-corrected chi connectivity index (χ3v) is 2.97. The molecule has 0 aromatic heterocycles. The van der Waals surface area contributed by atoms with Gasteiger partial charge in [0.25, 0.3) is 5.91 Å². The third kappa shape index (κ3) is 3.12. The van der Waals surface area contributed by atoms with Crippen LogP contribution in [0.5, 0.6) is 5.75 Å². The van der Waals surface area contributed by atoms with E-state index in [2.05, 4.69) is 10.5 Å². The second-order valence-corrected chi connectivity index (χ2v) is 4.29. The molecule has 5 N–H and O–H groups in total. The minimum atomic E-state index is -1.09. The van der Waals surface area contributed by atoms with Crippen LogP contribution in [0.4, 0.5) is 4.39 Å². The van der Waals surface area contributed by atoms with Crippen LogP contribution in [0.2, 0.25) is 0 Å². The molecule has 0 spiro atoms. The first-order chi connectivity index (χ1) is 8.84. The van der Waals surface area contributed by atoms with E-state index >= 15 is 0 Å². The number of halogens is 1. The summed E-state index contributed by atoms with van der Waals surface area (Å²) in [6, 6.07) is 3.03. The van der Waals surface area contributed by atoms with Crippen molar-refractivity contribution in [2.45, 2.75) is 25.8 Å². The highest BCUT2D eigenvalue weighted by atomic mass is 19.1. The Balaban J connectivity index is 3.05. The number of phenols is 1. The lowest BCUT2D eigenvalue weighted by atomic mass is 9.96. The first-order valence-corrected chi connectivity index (χ1v) is 5.63. The molecule has 0 fully saturated rings. The highest BCUT2D eigenvalue weighted by Gasteiger charge is 2.30. The van der Waals surface area contributed by atoms with Crippen molar-refractivity contribution < 1.29 is 19.5 Å². The van der Waals surface area contributed by atoms with Gasteiger partial charge in [-0.15, -0.1) is 0 Å². The van der Waals surface area contributed by atoms with E-state index < -0.39 is 17.3 Å². The molecule has 1 rings (SSSR count). The summed E-state index contributed by atoms with van der Waals surface area (Å²) in [4.78, 5) is 12.0. The average molecular weight is 269 g/mol. The molecule has 1 unspecified atom stereocenters. The number of nitrogens with zero attached hydrogens (tertiary/aromatic N) is 1. The van der Waals surface area contributed by atoms with Gasteiger partial charge in [0.1, 0.15) is 11.6 Å². The topological polar surface area (TPSA) is 108 Å². The van der Waals surface area contributed by atoms with Crippen molar-refractivity contribution in [3.05, 3.63) is 29.6 Å². The summed E-state index contributed by atoms with van der Waals surface area (Å²) in [6.07, 6.45) is 0.352. The number of nitrogens with one attached hydrogen (secondary N) is 1. The van der Waals surface area contributed by atoms with E-state index in [1.807, 2.05) is 0 Å². The number of carbonyl (C=O) groups excluding carboxylic acids is 1. The van der Waals surface area contributed by atoms with Gasteiger partial charge in [0.05, 0.1) is 11.1 Å². The Morgan fingerprint density at radius 1 is 1.58 bits per heavy atom. The van der Waals surface area contributed by atoms with Crippen molar-refractivity contribution in [2.24, 2.45) is 10.9 Å². The van der Waals surface area contributed by atoms with Crippen molar-refractivity contribution in [2.75, 3.05) is 0 Å². The van der Waals surface area contributed by atoms with Gasteiger partial charge in [0.2, 0.25) is 0 Å². The van der Waals surface area contributed by atoms with Crippen LogP contribution in [-0.4, -0.2) is 27.6 Å². The zero-order chi connectivity index (χ0) is 14.6. The number of amidine groups is 1. The predicted molar refractivity (Wildman–Crippen MR) is 67.6 cm³/mol.